The van der Waals surface area contributed by atoms with Gasteiger partial charge in [0.25, 0.3) is 11.8 Å². The molecule has 12 heteroatoms. The van der Waals surface area contributed by atoms with Crippen molar-refractivity contribution in [3.8, 4) is 5.69 Å². The molecule has 36 heavy (non-hydrogen) atoms. The first-order valence-electron chi connectivity index (χ1n) is 11.5. The number of tetrazole rings is 1. The molecule has 2 N–H and O–H groups in total. The van der Waals surface area contributed by atoms with E-state index in [0.29, 0.717) is 18.7 Å². The molecule has 0 aliphatic heterocycles. The van der Waals surface area contributed by atoms with Crippen molar-refractivity contribution in [2.75, 3.05) is 0 Å². The van der Waals surface area contributed by atoms with Crippen LogP contribution in [0.25, 0.3) is 5.69 Å². The second-order valence-corrected chi connectivity index (χ2v) is 9.49. The lowest BCUT2D eigenvalue weighted by Crippen LogP contribution is -2.29. The molecule has 1 aromatic carbocycles. The third-order valence-electron chi connectivity index (χ3n) is 6.12. The van der Waals surface area contributed by atoms with E-state index < -0.39 is 0 Å². The molecule has 11 nitrogen and oxygen atoms in total. The molecule has 0 unspecified atom stereocenters. The van der Waals surface area contributed by atoms with Gasteiger partial charge in [-0.25, -0.2) is 14.8 Å². The molecule has 5 rings (SSSR count). The van der Waals surface area contributed by atoms with Gasteiger partial charge in [-0.05, 0) is 70.0 Å². The van der Waals surface area contributed by atoms with Crippen LogP contribution in [0.3, 0.4) is 0 Å². The number of hydrogen-bond acceptors (Lipinski definition) is 8. The van der Waals surface area contributed by atoms with Crippen molar-refractivity contribution in [3.63, 3.8) is 0 Å². The topological polar surface area (TPSA) is 137 Å². The molecular weight excluding hydrogens is 480 g/mol. The molecule has 2 amide bonds. The van der Waals surface area contributed by atoms with Gasteiger partial charge in [0, 0.05) is 24.5 Å². The third-order valence-corrected chi connectivity index (χ3v) is 7.25. The molecule has 0 spiro atoms. The number of carbonyl (C=O) groups is 2. The lowest BCUT2D eigenvalue weighted by molar-refractivity contribution is 0.0931. The van der Waals surface area contributed by atoms with Gasteiger partial charge in [-0.2, -0.15) is 9.36 Å². The van der Waals surface area contributed by atoms with Crippen molar-refractivity contribution in [2.45, 2.75) is 38.8 Å². The van der Waals surface area contributed by atoms with Crippen LogP contribution in [0.2, 0.25) is 0 Å². The number of amides is 2. The first kappa shape index (κ1) is 23.5. The maximum absolute atomic E-state index is 12.9. The fraction of sp³-hybridized carbons (Fsp3) is 0.292. The fourth-order valence-corrected chi connectivity index (χ4v) is 5.02. The number of hydrogen-bond donors (Lipinski definition) is 2. The van der Waals surface area contributed by atoms with Crippen LogP contribution in [0.4, 0.5) is 0 Å². The Balaban J connectivity index is 1.25. The van der Waals surface area contributed by atoms with Crippen LogP contribution >= 0.6 is 11.3 Å². The summed E-state index contributed by atoms with van der Waals surface area (Å²) in [4.78, 5) is 47.0. The normalized spacial score (nSPS) is 14.4. The van der Waals surface area contributed by atoms with E-state index in [2.05, 4.69) is 44.0 Å². The maximum Gasteiger partial charge on any atom is 0.368 e. The van der Waals surface area contributed by atoms with Gasteiger partial charge in [0.05, 0.1) is 11.7 Å². The van der Waals surface area contributed by atoms with Crippen LogP contribution in [-0.2, 0) is 26.4 Å². The molecule has 3 heterocycles. The molecule has 0 radical (unpaired) electrons. The molecular formula is C24H24N8O3S. The minimum absolute atomic E-state index is 0.120. The van der Waals surface area contributed by atoms with Gasteiger partial charge in [0.15, 0.2) is 0 Å². The highest BCUT2D eigenvalue weighted by Crippen LogP contribution is 2.32. The predicted octanol–water partition coefficient (Wildman–Crippen LogP) is 1.73. The van der Waals surface area contributed by atoms with Crippen molar-refractivity contribution in [1.82, 2.24) is 40.4 Å². The number of aryl methyl sites for hydroxylation is 3. The average Bonchev–Trinajstić information content (AvgIpc) is 3.61. The van der Waals surface area contributed by atoms with Crippen molar-refractivity contribution in [1.29, 1.82) is 0 Å². The summed E-state index contributed by atoms with van der Waals surface area (Å²) in [6.07, 6.45) is 3.62. The largest absolute Gasteiger partial charge is 0.368 e. The number of thiophene rings is 1. The monoisotopic (exact) mass is 504 g/mol. The lowest BCUT2D eigenvalue weighted by Gasteiger charge is -2.14. The molecule has 4 aromatic rings. The van der Waals surface area contributed by atoms with Crippen LogP contribution < -0.4 is 16.3 Å². The van der Waals surface area contributed by atoms with Gasteiger partial charge in [0.2, 0.25) is 0 Å². The van der Waals surface area contributed by atoms with E-state index in [-0.39, 0.29) is 34.9 Å². The van der Waals surface area contributed by atoms with Crippen LogP contribution in [0.5, 0.6) is 0 Å². The minimum atomic E-state index is -0.385. The van der Waals surface area contributed by atoms with E-state index in [0.717, 1.165) is 34.2 Å². The third kappa shape index (κ3) is 4.67. The molecule has 0 saturated carbocycles. The van der Waals surface area contributed by atoms with Crippen molar-refractivity contribution in [2.24, 2.45) is 7.05 Å². The average molecular weight is 505 g/mol. The highest BCUT2D eigenvalue weighted by atomic mass is 32.1. The first-order chi connectivity index (χ1) is 17.4. The Labute approximate surface area is 210 Å². The van der Waals surface area contributed by atoms with E-state index in [1.165, 1.54) is 22.0 Å². The summed E-state index contributed by atoms with van der Waals surface area (Å²) in [6.45, 7) is 2.48. The van der Waals surface area contributed by atoms with E-state index >= 15 is 0 Å². The molecule has 0 saturated heterocycles. The van der Waals surface area contributed by atoms with E-state index in [1.807, 2.05) is 17.5 Å². The SMILES string of the molecule is CCc1cc(CNC(=O)c2cc(C(=O)N[C@H]3CCc4cc(-n5nnn(C)c5=O)ccc43)ncn2)cs1. The molecule has 0 fully saturated rings. The van der Waals surface area contributed by atoms with Crippen LogP contribution in [0.15, 0.2) is 46.8 Å². The van der Waals surface area contributed by atoms with Crippen LogP contribution in [0, 0.1) is 0 Å². The summed E-state index contributed by atoms with van der Waals surface area (Å²) in [5.41, 5.74) is 3.57. The van der Waals surface area contributed by atoms with Gasteiger partial charge in [-0.3, -0.25) is 9.59 Å². The van der Waals surface area contributed by atoms with Gasteiger partial charge >= 0.3 is 5.69 Å². The minimum Gasteiger partial charge on any atom is -0.347 e. The molecule has 3 aromatic heterocycles. The standard InChI is InChI=1S/C24H24N8O3S/c1-3-17-8-14(12-36-17)11-25-22(33)20-10-21(27-13-26-20)23(34)28-19-7-4-15-9-16(5-6-18(15)19)32-24(35)31(2)29-30-32/h5-6,8-10,12-13,19H,3-4,7,11H2,1-2H3,(H,25,33)(H,28,34)/t19-/m0/s1. The first-order valence-corrected chi connectivity index (χ1v) is 12.4. The second-order valence-electron chi connectivity index (χ2n) is 8.49. The number of fused-ring (bicyclic) bond motifs is 1. The number of rotatable bonds is 7. The van der Waals surface area contributed by atoms with Gasteiger partial charge in [0.1, 0.15) is 17.7 Å². The van der Waals surface area contributed by atoms with Crippen molar-refractivity contribution in [3.05, 3.63) is 85.5 Å². The smallest absolute Gasteiger partial charge is 0.347 e. The Morgan fingerprint density at radius 1 is 1.11 bits per heavy atom. The summed E-state index contributed by atoms with van der Waals surface area (Å²) in [5, 5.41) is 15.5. The van der Waals surface area contributed by atoms with Gasteiger partial charge < -0.3 is 10.6 Å². The van der Waals surface area contributed by atoms with Crippen molar-refractivity contribution < 1.29 is 9.59 Å². The summed E-state index contributed by atoms with van der Waals surface area (Å²) in [6, 6.07) is 8.81. The van der Waals surface area contributed by atoms with Crippen molar-refractivity contribution >= 4 is 23.2 Å². The maximum atomic E-state index is 12.9. The number of nitrogens with one attached hydrogen (secondary N) is 2. The number of nitrogens with zero attached hydrogens (tertiary/aromatic N) is 6. The quantitative estimate of drug-likeness (QED) is 0.391. The summed E-state index contributed by atoms with van der Waals surface area (Å²) in [5.74, 6) is -0.752. The van der Waals surface area contributed by atoms with E-state index in [9.17, 15) is 14.4 Å². The van der Waals surface area contributed by atoms with Gasteiger partial charge in [-0.1, -0.05) is 13.0 Å². The molecule has 1 aliphatic rings. The molecule has 184 valence electrons. The number of benzene rings is 1. The summed E-state index contributed by atoms with van der Waals surface area (Å²) < 4.78 is 2.40. The zero-order valence-electron chi connectivity index (χ0n) is 19.8. The lowest BCUT2D eigenvalue weighted by atomic mass is 10.1. The predicted molar refractivity (Wildman–Crippen MR) is 132 cm³/mol. The van der Waals surface area contributed by atoms with E-state index in [4.69, 9.17) is 0 Å². The Hall–Kier alpha value is -4.19. The van der Waals surface area contributed by atoms with Crippen LogP contribution in [0.1, 0.15) is 61.9 Å². The second kappa shape index (κ2) is 9.82. The van der Waals surface area contributed by atoms with Crippen LogP contribution in [-0.4, -0.2) is 41.6 Å². The zero-order chi connectivity index (χ0) is 25.2. The molecule has 0 bridgehead atoms. The number of carbonyl (C=O) groups excluding carboxylic acids is 2. The zero-order valence-corrected chi connectivity index (χ0v) is 20.6. The highest BCUT2D eigenvalue weighted by molar-refractivity contribution is 7.10. The van der Waals surface area contributed by atoms with E-state index in [1.54, 1.807) is 24.5 Å². The Morgan fingerprint density at radius 2 is 1.92 bits per heavy atom. The summed E-state index contributed by atoms with van der Waals surface area (Å²) in [7, 11) is 1.54. The Bertz CT molecular complexity index is 1510. The molecule has 1 atom stereocenters. The molecule has 1 aliphatic carbocycles. The highest BCUT2D eigenvalue weighted by Gasteiger charge is 2.26. The Morgan fingerprint density at radius 3 is 2.64 bits per heavy atom. The van der Waals surface area contributed by atoms with Gasteiger partial charge in [-0.15, -0.1) is 11.3 Å². The Kier molecular flexibility index (Phi) is 6.42. The summed E-state index contributed by atoms with van der Waals surface area (Å²) >= 11 is 1.66. The fourth-order valence-electron chi connectivity index (χ4n) is 4.18. The number of aromatic nitrogens is 6.